The molecule has 0 radical (unpaired) electrons. The minimum Gasteiger partial charge on any atom is -0.477 e. The van der Waals surface area contributed by atoms with E-state index in [-0.39, 0.29) is 29.5 Å². The van der Waals surface area contributed by atoms with Crippen molar-refractivity contribution in [1.82, 2.24) is 14.3 Å². The van der Waals surface area contributed by atoms with E-state index in [9.17, 15) is 27.2 Å². The highest BCUT2D eigenvalue weighted by Crippen LogP contribution is 2.45. The Hall–Kier alpha value is -3.70. The number of hydrogen-bond donors (Lipinski definition) is 1. The zero-order valence-electron chi connectivity index (χ0n) is 24.4. The summed E-state index contributed by atoms with van der Waals surface area (Å²) < 4.78 is 78.5. The fourth-order valence-electron chi connectivity index (χ4n) is 5.93. The summed E-state index contributed by atoms with van der Waals surface area (Å²) in [5, 5.41) is 6.76. The van der Waals surface area contributed by atoms with E-state index >= 15 is 4.39 Å². The van der Waals surface area contributed by atoms with Gasteiger partial charge in [0.15, 0.2) is 17.7 Å². The van der Waals surface area contributed by atoms with Gasteiger partial charge in [-0.15, -0.1) is 5.10 Å². The molecule has 0 saturated heterocycles. The summed E-state index contributed by atoms with van der Waals surface area (Å²) in [7, 11) is 0. The molecular weight excluding hydrogens is 571 g/mol. The molecule has 1 amide bonds. The number of rotatable bonds is 8. The summed E-state index contributed by atoms with van der Waals surface area (Å²) in [6, 6.07) is 7.17. The third-order valence-electron chi connectivity index (χ3n) is 8.53. The maximum atomic E-state index is 16.2. The standard InChI is InChI=1S/C31H35F5N4O3/c1-16(2)20-12-9-17(3)15-25(20)39-28(19-10-11-19)38-40(30(39)42)24-14-13-21(27(26(24)33)43-18(4)31(34,35)36)29(41)37-23-8-6-5-7-22(23)32/h5-8,13-14,16-20,25H,9-12,15H2,1-4H3,(H,37,41)/t17?,18-,20?,25?/m0/s1. The van der Waals surface area contributed by atoms with Crippen LogP contribution in [0.5, 0.6) is 5.75 Å². The Kier molecular flexibility index (Phi) is 8.41. The van der Waals surface area contributed by atoms with Crippen LogP contribution in [0.15, 0.2) is 41.2 Å². The smallest absolute Gasteiger partial charge is 0.425 e. The summed E-state index contributed by atoms with van der Waals surface area (Å²) >= 11 is 0. The maximum Gasteiger partial charge on any atom is 0.425 e. The number of nitrogens with one attached hydrogen (secondary N) is 1. The fourth-order valence-corrected chi connectivity index (χ4v) is 5.93. The molecule has 7 nitrogen and oxygen atoms in total. The van der Waals surface area contributed by atoms with Crippen molar-refractivity contribution in [3.63, 3.8) is 0 Å². The van der Waals surface area contributed by atoms with E-state index in [0.29, 0.717) is 18.7 Å². The number of nitrogens with zero attached hydrogens (tertiary/aromatic N) is 3. The zero-order valence-corrected chi connectivity index (χ0v) is 24.4. The summed E-state index contributed by atoms with van der Waals surface area (Å²) in [5.41, 5.74) is -1.89. The number of aromatic nitrogens is 3. The van der Waals surface area contributed by atoms with Crippen LogP contribution in [0.1, 0.15) is 87.9 Å². The van der Waals surface area contributed by atoms with Crippen molar-refractivity contribution in [1.29, 1.82) is 0 Å². The predicted octanol–water partition coefficient (Wildman–Crippen LogP) is 7.40. The van der Waals surface area contributed by atoms with E-state index in [2.05, 4.69) is 31.2 Å². The van der Waals surface area contributed by atoms with Crippen molar-refractivity contribution in [3.8, 4) is 11.4 Å². The van der Waals surface area contributed by atoms with Crippen molar-refractivity contribution < 1.29 is 31.5 Å². The van der Waals surface area contributed by atoms with Crippen LogP contribution in [0, 0.1) is 29.4 Å². The van der Waals surface area contributed by atoms with Gasteiger partial charge in [0.25, 0.3) is 5.91 Å². The Bertz CT molecular complexity index is 1560. The molecule has 1 N–H and O–H groups in total. The third-order valence-corrected chi connectivity index (χ3v) is 8.53. The Morgan fingerprint density at radius 2 is 1.74 bits per heavy atom. The van der Waals surface area contributed by atoms with Crippen LogP contribution >= 0.6 is 0 Å². The first-order valence-electron chi connectivity index (χ1n) is 14.6. The zero-order chi connectivity index (χ0) is 31.2. The van der Waals surface area contributed by atoms with Crippen LogP contribution in [0.2, 0.25) is 0 Å². The minimum absolute atomic E-state index is 0.0221. The lowest BCUT2D eigenvalue weighted by Crippen LogP contribution is -2.37. The summed E-state index contributed by atoms with van der Waals surface area (Å²) in [6.07, 6.45) is -3.03. The van der Waals surface area contributed by atoms with Gasteiger partial charge in [0.05, 0.1) is 11.3 Å². The second-order valence-corrected chi connectivity index (χ2v) is 12.1. The Morgan fingerprint density at radius 3 is 2.37 bits per heavy atom. The SMILES string of the molecule is CC1CCC(C(C)C)C(n2c(C3CC3)nn(-c3ccc(C(=O)Nc4ccccc4F)c(O[C@@H](C)C(F)(F)F)c3F)c2=O)C1. The normalized spacial score (nSPS) is 21.6. The number of halogens is 5. The number of benzene rings is 2. The first-order chi connectivity index (χ1) is 20.3. The number of ether oxygens (including phenoxy) is 1. The molecule has 232 valence electrons. The second kappa shape index (κ2) is 11.8. The van der Waals surface area contributed by atoms with Crippen molar-refractivity contribution in [2.24, 2.45) is 17.8 Å². The first kappa shape index (κ1) is 30.7. The van der Waals surface area contributed by atoms with Gasteiger partial charge in [-0.2, -0.15) is 17.9 Å². The van der Waals surface area contributed by atoms with Crippen LogP contribution in [0.4, 0.5) is 27.6 Å². The van der Waals surface area contributed by atoms with Crippen molar-refractivity contribution in [2.45, 2.75) is 84.0 Å². The van der Waals surface area contributed by atoms with Gasteiger partial charge in [-0.25, -0.2) is 13.6 Å². The third kappa shape index (κ3) is 6.19. The molecule has 0 spiro atoms. The fraction of sp³-hybridized carbons (Fsp3) is 0.516. The molecule has 1 aromatic heterocycles. The van der Waals surface area contributed by atoms with E-state index in [1.165, 1.54) is 18.2 Å². The van der Waals surface area contributed by atoms with Gasteiger partial charge in [-0.1, -0.05) is 39.3 Å². The number of amides is 1. The lowest BCUT2D eigenvalue weighted by Gasteiger charge is -2.38. The van der Waals surface area contributed by atoms with E-state index in [4.69, 9.17) is 4.74 Å². The quantitative estimate of drug-likeness (QED) is 0.271. The van der Waals surface area contributed by atoms with Gasteiger partial charge in [-0.05, 0) is 74.6 Å². The van der Waals surface area contributed by atoms with Crippen LogP contribution < -0.4 is 15.7 Å². The molecule has 43 heavy (non-hydrogen) atoms. The van der Waals surface area contributed by atoms with Crippen molar-refractivity contribution in [3.05, 3.63) is 69.9 Å². The molecule has 1 heterocycles. The van der Waals surface area contributed by atoms with E-state index < -0.39 is 52.5 Å². The lowest BCUT2D eigenvalue weighted by atomic mass is 9.74. The van der Waals surface area contributed by atoms with Gasteiger partial charge in [0.1, 0.15) is 17.3 Å². The van der Waals surface area contributed by atoms with Gasteiger partial charge in [0.2, 0.25) is 0 Å². The Balaban J connectivity index is 1.62. The van der Waals surface area contributed by atoms with Crippen molar-refractivity contribution >= 4 is 11.6 Å². The van der Waals surface area contributed by atoms with Crippen LogP contribution in [0.3, 0.4) is 0 Å². The highest BCUT2D eigenvalue weighted by atomic mass is 19.4. The van der Waals surface area contributed by atoms with Gasteiger partial charge < -0.3 is 10.1 Å². The number of anilines is 1. The van der Waals surface area contributed by atoms with Gasteiger partial charge >= 0.3 is 11.9 Å². The molecule has 2 aromatic carbocycles. The monoisotopic (exact) mass is 606 g/mol. The molecule has 2 aliphatic carbocycles. The second-order valence-electron chi connectivity index (χ2n) is 12.1. The molecular formula is C31H35F5N4O3. The van der Waals surface area contributed by atoms with Crippen LogP contribution in [-0.2, 0) is 0 Å². The lowest BCUT2D eigenvalue weighted by molar-refractivity contribution is -0.189. The molecule has 5 rings (SSSR count). The molecule has 2 saturated carbocycles. The number of carbonyl (C=O) groups is 1. The first-order valence-corrected chi connectivity index (χ1v) is 14.6. The molecule has 3 aromatic rings. The number of carbonyl (C=O) groups excluding carboxylic acids is 1. The highest BCUT2D eigenvalue weighted by Gasteiger charge is 2.41. The number of hydrogen-bond acceptors (Lipinski definition) is 4. The Morgan fingerprint density at radius 1 is 1.05 bits per heavy atom. The van der Waals surface area contributed by atoms with Gasteiger partial charge in [0, 0.05) is 12.0 Å². The van der Waals surface area contributed by atoms with Gasteiger partial charge in [-0.3, -0.25) is 9.36 Å². The van der Waals surface area contributed by atoms with E-state index in [0.717, 1.165) is 55.0 Å². The molecule has 0 bridgehead atoms. The van der Waals surface area contributed by atoms with Crippen LogP contribution in [-0.4, -0.2) is 32.5 Å². The van der Waals surface area contributed by atoms with Crippen molar-refractivity contribution in [2.75, 3.05) is 5.32 Å². The van der Waals surface area contributed by atoms with E-state index in [1.807, 2.05) is 0 Å². The van der Waals surface area contributed by atoms with Crippen LogP contribution in [0.25, 0.3) is 5.69 Å². The molecule has 3 unspecified atom stereocenters. The Labute approximate surface area is 246 Å². The number of para-hydroxylation sites is 1. The molecule has 0 aliphatic heterocycles. The average molecular weight is 607 g/mol. The maximum absolute atomic E-state index is 16.2. The number of alkyl halides is 3. The van der Waals surface area contributed by atoms with E-state index in [1.54, 1.807) is 4.57 Å². The molecule has 2 aliphatic rings. The average Bonchev–Trinajstić information content (AvgIpc) is 3.73. The summed E-state index contributed by atoms with van der Waals surface area (Å²) in [6.45, 7) is 7.02. The predicted molar refractivity (Wildman–Crippen MR) is 151 cm³/mol. The minimum atomic E-state index is -4.89. The molecule has 12 heteroatoms. The largest absolute Gasteiger partial charge is 0.477 e. The summed E-state index contributed by atoms with van der Waals surface area (Å²) in [4.78, 5) is 27.1. The summed E-state index contributed by atoms with van der Waals surface area (Å²) in [5.74, 6) is -2.85. The molecule has 2 fully saturated rings. The topological polar surface area (TPSA) is 78.2 Å². The highest BCUT2D eigenvalue weighted by molar-refractivity contribution is 6.06. The molecule has 4 atom stereocenters.